The van der Waals surface area contributed by atoms with Gasteiger partial charge in [0.1, 0.15) is 5.75 Å². The molecule has 3 rings (SSSR count). The summed E-state index contributed by atoms with van der Waals surface area (Å²) >= 11 is 6.63. The Bertz CT molecular complexity index is 638. The molecular formula is C19H22ClNO. The molecule has 1 unspecified atom stereocenters. The van der Waals surface area contributed by atoms with Gasteiger partial charge in [-0.3, -0.25) is 0 Å². The number of aryl methyl sites for hydroxylation is 2. The Morgan fingerprint density at radius 2 is 1.73 bits per heavy atom. The van der Waals surface area contributed by atoms with Gasteiger partial charge < -0.3 is 10.0 Å². The normalized spacial score (nSPS) is 15.2. The number of phenolic OH excluding ortho intramolecular Hbond substituents is 1. The van der Waals surface area contributed by atoms with Crippen molar-refractivity contribution >= 4 is 17.3 Å². The van der Waals surface area contributed by atoms with E-state index < -0.39 is 0 Å². The van der Waals surface area contributed by atoms with Crippen LogP contribution in [0.15, 0.2) is 42.5 Å². The number of nitrogens with zero attached hydrogens (tertiary/aromatic N) is 1. The van der Waals surface area contributed by atoms with Gasteiger partial charge in [0.25, 0.3) is 0 Å². The molecule has 0 fully saturated rings. The van der Waals surface area contributed by atoms with Crippen LogP contribution in [0.4, 0.5) is 5.69 Å². The average molecular weight is 316 g/mol. The monoisotopic (exact) mass is 315 g/mol. The van der Waals surface area contributed by atoms with Crippen LogP contribution in [0.1, 0.15) is 34.9 Å². The number of alkyl halides is 1. The Balaban J connectivity index is 1.71. The van der Waals surface area contributed by atoms with E-state index in [9.17, 15) is 5.11 Å². The third-order valence-electron chi connectivity index (χ3n) is 4.46. The van der Waals surface area contributed by atoms with Gasteiger partial charge in [-0.25, -0.2) is 0 Å². The zero-order valence-corrected chi connectivity index (χ0v) is 13.7. The molecule has 0 heterocycles. The second-order valence-electron chi connectivity index (χ2n) is 6.10. The second-order valence-corrected chi connectivity index (χ2v) is 6.63. The zero-order chi connectivity index (χ0) is 15.5. The molecule has 0 bridgehead atoms. The van der Waals surface area contributed by atoms with Crippen LogP contribution in [0.5, 0.6) is 5.75 Å². The van der Waals surface area contributed by atoms with Gasteiger partial charge in [0, 0.05) is 19.3 Å². The molecule has 0 spiro atoms. The Hall–Kier alpha value is -1.67. The molecule has 2 aromatic carbocycles. The number of fused-ring (bicyclic) bond motifs is 1. The van der Waals surface area contributed by atoms with Gasteiger partial charge in [0.2, 0.25) is 0 Å². The number of anilines is 1. The highest BCUT2D eigenvalue weighted by Gasteiger charge is 2.15. The lowest BCUT2D eigenvalue weighted by atomic mass is 9.90. The lowest BCUT2D eigenvalue weighted by Crippen LogP contribution is -2.22. The molecule has 0 amide bonds. The predicted octanol–water partition coefficient (Wildman–Crippen LogP) is 4.69. The van der Waals surface area contributed by atoms with Crippen molar-refractivity contribution in [2.45, 2.75) is 31.1 Å². The number of phenols is 1. The van der Waals surface area contributed by atoms with Crippen LogP contribution in [0.3, 0.4) is 0 Å². The number of hydrogen-bond donors (Lipinski definition) is 1. The zero-order valence-electron chi connectivity index (χ0n) is 12.9. The van der Waals surface area contributed by atoms with Crippen molar-refractivity contribution in [2.24, 2.45) is 0 Å². The summed E-state index contributed by atoms with van der Waals surface area (Å²) in [7, 11) is 2.03. The highest BCUT2D eigenvalue weighted by molar-refractivity contribution is 6.21. The fourth-order valence-corrected chi connectivity index (χ4v) is 3.45. The molecule has 22 heavy (non-hydrogen) atoms. The van der Waals surface area contributed by atoms with E-state index in [2.05, 4.69) is 23.1 Å². The van der Waals surface area contributed by atoms with Gasteiger partial charge in [0.15, 0.2) is 0 Å². The lowest BCUT2D eigenvalue weighted by molar-refractivity contribution is 0.475. The summed E-state index contributed by atoms with van der Waals surface area (Å²) in [6.07, 6.45) is 4.98. The number of likely N-dealkylation sites (N-methyl/N-ethyl adjacent to an activating group) is 1. The highest BCUT2D eigenvalue weighted by atomic mass is 35.5. The fraction of sp³-hybridized carbons (Fsp3) is 0.368. The van der Waals surface area contributed by atoms with Crippen molar-refractivity contribution in [3.05, 3.63) is 59.2 Å². The summed E-state index contributed by atoms with van der Waals surface area (Å²) in [6, 6.07) is 13.9. The fourth-order valence-electron chi connectivity index (χ4n) is 3.11. The highest BCUT2D eigenvalue weighted by Crippen LogP contribution is 2.29. The molecule has 1 aliphatic carbocycles. The first-order chi connectivity index (χ1) is 10.6. The first-order valence-electron chi connectivity index (χ1n) is 7.89. The van der Waals surface area contributed by atoms with E-state index in [1.165, 1.54) is 42.4 Å². The molecule has 0 saturated heterocycles. The minimum absolute atomic E-state index is 0.0361. The Kier molecular flexibility index (Phi) is 4.58. The molecular weight excluding hydrogens is 294 g/mol. The lowest BCUT2D eigenvalue weighted by Gasteiger charge is -2.24. The first kappa shape index (κ1) is 15.2. The smallest absolute Gasteiger partial charge is 0.115 e. The van der Waals surface area contributed by atoms with Crippen molar-refractivity contribution in [2.75, 3.05) is 18.5 Å². The minimum Gasteiger partial charge on any atom is -0.508 e. The average Bonchev–Trinajstić information content (AvgIpc) is 2.55. The summed E-state index contributed by atoms with van der Waals surface area (Å²) in [5.74, 6) is 0.286. The summed E-state index contributed by atoms with van der Waals surface area (Å²) < 4.78 is 0. The number of hydrogen-bond acceptors (Lipinski definition) is 2. The molecule has 0 aliphatic heterocycles. The van der Waals surface area contributed by atoms with E-state index >= 15 is 0 Å². The second kappa shape index (κ2) is 6.62. The standard InChI is InChI=1S/C19H22ClNO/c1-21(17-8-10-18(22)11-9-17)13-19(20)16-7-6-14-4-2-3-5-15(14)12-16/h6-12,19,22H,2-5,13H2,1H3. The maximum atomic E-state index is 9.37. The van der Waals surface area contributed by atoms with Crippen molar-refractivity contribution in [3.8, 4) is 5.75 Å². The van der Waals surface area contributed by atoms with E-state index in [4.69, 9.17) is 11.6 Å². The Labute approximate surface area is 137 Å². The van der Waals surface area contributed by atoms with Crippen LogP contribution in [-0.4, -0.2) is 18.7 Å². The largest absolute Gasteiger partial charge is 0.508 e. The van der Waals surface area contributed by atoms with Crippen molar-refractivity contribution in [1.29, 1.82) is 0 Å². The van der Waals surface area contributed by atoms with Crippen LogP contribution in [0.2, 0.25) is 0 Å². The van der Waals surface area contributed by atoms with Crippen LogP contribution in [0.25, 0.3) is 0 Å². The molecule has 1 N–H and O–H groups in total. The SMILES string of the molecule is CN(CC(Cl)c1ccc2c(c1)CCCC2)c1ccc(O)cc1. The molecule has 1 atom stereocenters. The van der Waals surface area contributed by atoms with E-state index in [1.54, 1.807) is 12.1 Å². The molecule has 2 aromatic rings. The Morgan fingerprint density at radius 3 is 2.45 bits per heavy atom. The molecule has 0 radical (unpaired) electrons. The summed E-state index contributed by atoms with van der Waals surface area (Å²) in [6.45, 7) is 0.741. The number of rotatable bonds is 4. The van der Waals surface area contributed by atoms with E-state index in [0.29, 0.717) is 0 Å². The molecule has 0 aromatic heterocycles. The first-order valence-corrected chi connectivity index (χ1v) is 8.33. The molecule has 1 aliphatic rings. The summed E-state index contributed by atoms with van der Waals surface area (Å²) in [5.41, 5.74) is 5.22. The third kappa shape index (κ3) is 3.38. The van der Waals surface area contributed by atoms with Crippen molar-refractivity contribution in [3.63, 3.8) is 0 Å². The van der Waals surface area contributed by atoms with E-state index in [0.717, 1.165) is 12.2 Å². The maximum absolute atomic E-state index is 9.37. The number of benzene rings is 2. The Morgan fingerprint density at radius 1 is 1.05 bits per heavy atom. The van der Waals surface area contributed by atoms with Gasteiger partial charge in [-0.2, -0.15) is 0 Å². The van der Waals surface area contributed by atoms with Crippen molar-refractivity contribution < 1.29 is 5.11 Å². The summed E-state index contributed by atoms with van der Waals surface area (Å²) in [4.78, 5) is 2.12. The quantitative estimate of drug-likeness (QED) is 0.828. The van der Waals surface area contributed by atoms with Gasteiger partial charge in [-0.1, -0.05) is 18.2 Å². The van der Waals surface area contributed by atoms with Gasteiger partial charge in [-0.05, 0) is 66.6 Å². The van der Waals surface area contributed by atoms with Crippen LogP contribution >= 0.6 is 11.6 Å². The van der Waals surface area contributed by atoms with Gasteiger partial charge >= 0.3 is 0 Å². The topological polar surface area (TPSA) is 23.5 Å². The molecule has 2 nitrogen and oxygen atoms in total. The van der Waals surface area contributed by atoms with Crippen molar-refractivity contribution in [1.82, 2.24) is 0 Å². The molecule has 0 saturated carbocycles. The maximum Gasteiger partial charge on any atom is 0.115 e. The van der Waals surface area contributed by atoms with Gasteiger partial charge in [0.05, 0.1) is 5.38 Å². The third-order valence-corrected chi connectivity index (χ3v) is 4.85. The summed E-state index contributed by atoms with van der Waals surface area (Å²) in [5, 5.41) is 9.33. The number of aromatic hydroxyl groups is 1. The van der Waals surface area contributed by atoms with Crippen LogP contribution in [-0.2, 0) is 12.8 Å². The number of halogens is 1. The molecule has 3 heteroatoms. The van der Waals surface area contributed by atoms with Gasteiger partial charge in [-0.15, -0.1) is 11.6 Å². The molecule has 116 valence electrons. The van der Waals surface area contributed by atoms with Crippen LogP contribution < -0.4 is 4.90 Å². The van der Waals surface area contributed by atoms with E-state index in [1.807, 2.05) is 19.2 Å². The predicted molar refractivity (Wildman–Crippen MR) is 93.1 cm³/mol. The van der Waals surface area contributed by atoms with E-state index in [-0.39, 0.29) is 11.1 Å². The minimum atomic E-state index is -0.0361. The van der Waals surface area contributed by atoms with Crippen LogP contribution in [0, 0.1) is 0 Å².